The quantitative estimate of drug-likeness (QED) is 0.794. The Morgan fingerprint density at radius 1 is 1.05 bits per heavy atom. The van der Waals surface area contributed by atoms with Gasteiger partial charge < -0.3 is 9.47 Å². The molecule has 0 aliphatic rings. The predicted octanol–water partition coefficient (Wildman–Crippen LogP) is 3.16. The number of aromatic nitrogens is 1. The first-order valence-electron chi connectivity index (χ1n) is 6.54. The van der Waals surface area contributed by atoms with Gasteiger partial charge in [-0.1, -0.05) is 0 Å². The largest absolute Gasteiger partial charge is 0.461 e. The van der Waals surface area contributed by atoms with Crippen LogP contribution in [-0.4, -0.2) is 30.1 Å². The monoisotopic (exact) mass is 305 g/mol. The number of ether oxygens (including phenoxy) is 2. The van der Waals surface area contributed by atoms with Crippen molar-refractivity contribution in [1.29, 1.82) is 0 Å². The molecule has 0 aromatic carbocycles. The summed E-state index contributed by atoms with van der Waals surface area (Å²) in [7, 11) is 0. The van der Waals surface area contributed by atoms with Gasteiger partial charge in [0.05, 0.1) is 13.2 Å². The lowest BCUT2D eigenvalue weighted by molar-refractivity contribution is 0.0511. The van der Waals surface area contributed by atoms with E-state index in [1.54, 1.807) is 26.0 Å². The fraction of sp³-hybridized carbons (Fsp3) is 0.267. The minimum atomic E-state index is -0.555. The van der Waals surface area contributed by atoms with Crippen LogP contribution < -0.4 is 0 Å². The molecule has 0 bridgehead atoms. The molecule has 0 amide bonds. The maximum absolute atomic E-state index is 11.9. The fourth-order valence-electron chi connectivity index (χ4n) is 1.75. The molecule has 0 radical (unpaired) electrons. The molecule has 2 heterocycles. The van der Waals surface area contributed by atoms with Crippen molar-refractivity contribution in [2.75, 3.05) is 13.2 Å². The zero-order chi connectivity index (χ0) is 15.2. The standard InChI is InChI=1S/C15H15NO4S/c1-3-19-14(17)12-7-11(10-5-6-21-9-10)8-13(16-12)15(18)20-4-2/h5-9H,3-4H2,1-2H3. The van der Waals surface area contributed by atoms with Crippen molar-refractivity contribution in [3.63, 3.8) is 0 Å². The molecule has 21 heavy (non-hydrogen) atoms. The highest BCUT2D eigenvalue weighted by atomic mass is 32.1. The third-order valence-corrected chi connectivity index (χ3v) is 3.33. The molecule has 2 aromatic rings. The summed E-state index contributed by atoms with van der Waals surface area (Å²) in [5.41, 5.74) is 1.85. The third kappa shape index (κ3) is 3.66. The Hall–Kier alpha value is -2.21. The van der Waals surface area contributed by atoms with Gasteiger partial charge in [0, 0.05) is 0 Å². The molecule has 110 valence electrons. The van der Waals surface area contributed by atoms with E-state index in [1.807, 2.05) is 16.8 Å². The molecule has 0 saturated heterocycles. The Bertz CT molecular complexity index is 601. The lowest BCUT2D eigenvalue weighted by atomic mass is 10.1. The van der Waals surface area contributed by atoms with Crippen molar-refractivity contribution >= 4 is 23.3 Å². The van der Waals surface area contributed by atoms with E-state index in [2.05, 4.69) is 4.98 Å². The predicted molar refractivity (Wildman–Crippen MR) is 79.5 cm³/mol. The molecular weight excluding hydrogens is 290 g/mol. The summed E-state index contributed by atoms with van der Waals surface area (Å²) in [6.07, 6.45) is 0. The van der Waals surface area contributed by atoms with Gasteiger partial charge in [0.25, 0.3) is 0 Å². The molecule has 0 aliphatic heterocycles. The topological polar surface area (TPSA) is 65.5 Å². The number of esters is 2. The average Bonchev–Trinajstić information content (AvgIpc) is 3.01. The van der Waals surface area contributed by atoms with Gasteiger partial charge in [0.2, 0.25) is 0 Å². The second-order valence-corrected chi connectivity index (χ2v) is 4.86. The smallest absolute Gasteiger partial charge is 0.356 e. The molecule has 0 atom stereocenters. The summed E-state index contributed by atoms with van der Waals surface area (Å²) in [5, 5.41) is 3.85. The van der Waals surface area contributed by atoms with E-state index < -0.39 is 11.9 Å². The van der Waals surface area contributed by atoms with Crippen LogP contribution in [0.25, 0.3) is 11.1 Å². The van der Waals surface area contributed by atoms with Crippen LogP contribution in [0.15, 0.2) is 29.0 Å². The molecule has 2 rings (SSSR count). The SMILES string of the molecule is CCOC(=O)c1cc(-c2ccsc2)cc(C(=O)OCC)n1. The number of hydrogen-bond acceptors (Lipinski definition) is 6. The molecule has 5 nitrogen and oxygen atoms in total. The normalized spacial score (nSPS) is 10.2. The fourth-order valence-corrected chi connectivity index (χ4v) is 2.41. The van der Waals surface area contributed by atoms with Gasteiger partial charge in [-0.15, -0.1) is 0 Å². The van der Waals surface area contributed by atoms with E-state index in [4.69, 9.17) is 9.47 Å². The van der Waals surface area contributed by atoms with Gasteiger partial charge in [-0.3, -0.25) is 0 Å². The first-order chi connectivity index (χ1) is 10.2. The van der Waals surface area contributed by atoms with E-state index in [9.17, 15) is 9.59 Å². The van der Waals surface area contributed by atoms with Crippen molar-refractivity contribution in [1.82, 2.24) is 4.98 Å². The van der Waals surface area contributed by atoms with Crippen LogP contribution in [0.5, 0.6) is 0 Å². The van der Waals surface area contributed by atoms with Crippen LogP contribution >= 0.6 is 11.3 Å². The number of carbonyl (C=O) groups is 2. The molecule has 0 saturated carbocycles. The molecule has 0 spiro atoms. The molecule has 2 aromatic heterocycles. The third-order valence-electron chi connectivity index (χ3n) is 2.65. The maximum atomic E-state index is 11.9. The second kappa shape index (κ2) is 6.99. The number of thiophene rings is 1. The summed E-state index contributed by atoms with van der Waals surface area (Å²) in [4.78, 5) is 27.8. The number of rotatable bonds is 5. The van der Waals surface area contributed by atoms with Gasteiger partial charge >= 0.3 is 11.9 Å². The minimum Gasteiger partial charge on any atom is -0.461 e. The van der Waals surface area contributed by atoms with Crippen molar-refractivity contribution in [3.8, 4) is 11.1 Å². The Morgan fingerprint density at radius 2 is 1.62 bits per heavy atom. The lowest BCUT2D eigenvalue weighted by Crippen LogP contribution is -2.13. The van der Waals surface area contributed by atoms with Crippen molar-refractivity contribution < 1.29 is 19.1 Å². The van der Waals surface area contributed by atoms with Gasteiger partial charge in [-0.05, 0) is 53.9 Å². The van der Waals surface area contributed by atoms with Crippen LogP contribution in [0.2, 0.25) is 0 Å². The molecule has 0 N–H and O–H groups in total. The van der Waals surface area contributed by atoms with E-state index in [1.165, 1.54) is 11.3 Å². The average molecular weight is 305 g/mol. The van der Waals surface area contributed by atoms with Crippen LogP contribution in [0, 0.1) is 0 Å². The van der Waals surface area contributed by atoms with Gasteiger partial charge in [-0.2, -0.15) is 11.3 Å². The zero-order valence-electron chi connectivity index (χ0n) is 11.8. The lowest BCUT2D eigenvalue weighted by Gasteiger charge is -2.07. The molecule has 0 fully saturated rings. The Kier molecular flexibility index (Phi) is 5.05. The van der Waals surface area contributed by atoms with Crippen LogP contribution in [0.3, 0.4) is 0 Å². The number of nitrogens with zero attached hydrogens (tertiary/aromatic N) is 1. The van der Waals surface area contributed by atoms with Gasteiger partial charge in [0.1, 0.15) is 11.4 Å². The highest BCUT2D eigenvalue weighted by molar-refractivity contribution is 7.08. The van der Waals surface area contributed by atoms with Crippen molar-refractivity contribution in [2.45, 2.75) is 13.8 Å². The Labute approximate surface area is 126 Å². The summed E-state index contributed by atoms with van der Waals surface area (Å²) in [6, 6.07) is 5.13. The van der Waals surface area contributed by atoms with Crippen LogP contribution in [-0.2, 0) is 9.47 Å². The summed E-state index contributed by atoms with van der Waals surface area (Å²) < 4.78 is 9.89. The zero-order valence-corrected chi connectivity index (χ0v) is 12.6. The van der Waals surface area contributed by atoms with E-state index in [0.717, 1.165) is 11.1 Å². The molecular formula is C15H15NO4S. The van der Waals surface area contributed by atoms with E-state index in [0.29, 0.717) is 0 Å². The van der Waals surface area contributed by atoms with Gasteiger partial charge in [0.15, 0.2) is 0 Å². The maximum Gasteiger partial charge on any atom is 0.356 e. The highest BCUT2D eigenvalue weighted by Gasteiger charge is 2.17. The first-order valence-corrected chi connectivity index (χ1v) is 7.48. The van der Waals surface area contributed by atoms with Crippen LogP contribution in [0.4, 0.5) is 0 Å². The van der Waals surface area contributed by atoms with Gasteiger partial charge in [-0.25, -0.2) is 14.6 Å². The molecule has 0 unspecified atom stereocenters. The van der Waals surface area contributed by atoms with Crippen molar-refractivity contribution in [3.05, 3.63) is 40.3 Å². The number of hydrogen-bond donors (Lipinski definition) is 0. The first kappa shape index (κ1) is 15.2. The van der Waals surface area contributed by atoms with Crippen LogP contribution in [0.1, 0.15) is 34.8 Å². The minimum absolute atomic E-state index is 0.101. The molecule has 6 heteroatoms. The van der Waals surface area contributed by atoms with Crippen molar-refractivity contribution in [2.24, 2.45) is 0 Å². The number of carbonyl (C=O) groups excluding carboxylic acids is 2. The molecule has 0 aliphatic carbocycles. The second-order valence-electron chi connectivity index (χ2n) is 4.08. The summed E-state index contributed by atoms with van der Waals surface area (Å²) in [6.45, 7) is 3.93. The summed E-state index contributed by atoms with van der Waals surface area (Å²) in [5.74, 6) is -1.11. The van der Waals surface area contributed by atoms with E-state index >= 15 is 0 Å². The Morgan fingerprint density at radius 3 is 2.05 bits per heavy atom. The van der Waals surface area contributed by atoms with E-state index in [-0.39, 0.29) is 24.6 Å². The Balaban J connectivity index is 2.46. The number of pyridine rings is 1. The summed E-state index contributed by atoms with van der Waals surface area (Å²) >= 11 is 1.53. The highest BCUT2D eigenvalue weighted by Crippen LogP contribution is 2.24.